The molecule has 47 heavy (non-hydrogen) atoms. The SMILES string of the molecule is CCCN1C(=O)[C@H]2[C@H](CC=C3[C@H]2C[C@H]2C(=O)N(c4ccc(F)c(Cl)c4)C(=O)[C@@]2(C)[C@H]3c2ccc(OCc3ccccc3)cc2O)C1=O. The average Bonchev–Trinajstić information content (AvgIpc) is 3.42. The first-order valence-corrected chi connectivity index (χ1v) is 16.3. The van der Waals surface area contributed by atoms with E-state index in [1.54, 1.807) is 19.1 Å². The minimum atomic E-state index is -1.37. The molecule has 1 saturated carbocycles. The van der Waals surface area contributed by atoms with Crippen molar-refractivity contribution in [2.45, 2.75) is 45.6 Å². The Hall–Kier alpha value is -4.50. The Balaban J connectivity index is 1.32. The second-order valence-corrected chi connectivity index (χ2v) is 13.5. The third-order valence-electron chi connectivity index (χ3n) is 10.5. The van der Waals surface area contributed by atoms with Crippen LogP contribution >= 0.6 is 11.6 Å². The standard InChI is InChI=1S/C37H34ClFN2O6/c1-3-15-40-33(43)25-13-12-23-26(31(25)35(40)45)18-27-34(44)41(21-9-14-29(39)28(38)16-21)36(46)37(27,2)32(23)24-11-10-22(17-30(24)42)47-19-20-7-5-4-6-8-20/h4-12,14,16-17,25-27,31-32,42H,3,13,15,18-19H2,1-2H3/t25-,26+,27-,31-,32+,37+/m0/s1. The zero-order chi connectivity index (χ0) is 33.2. The van der Waals surface area contributed by atoms with Crippen molar-refractivity contribution < 1.29 is 33.4 Å². The molecule has 4 amide bonds. The monoisotopic (exact) mass is 656 g/mol. The first-order chi connectivity index (χ1) is 22.6. The molecule has 0 bridgehead atoms. The summed E-state index contributed by atoms with van der Waals surface area (Å²) in [5, 5.41) is 11.3. The number of allylic oxidation sites excluding steroid dienone is 2. The van der Waals surface area contributed by atoms with Gasteiger partial charge in [0.25, 0.3) is 0 Å². The lowest BCUT2D eigenvalue weighted by atomic mass is 9.51. The molecule has 3 fully saturated rings. The number of carbonyl (C=O) groups is 4. The Labute approximate surface area is 276 Å². The van der Waals surface area contributed by atoms with Gasteiger partial charge in [0.05, 0.1) is 33.9 Å². The van der Waals surface area contributed by atoms with Gasteiger partial charge in [-0.3, -0.25) is 24.1 Å². The number of carbonyl (C=O) groups excluding carboxylic acids is 4. The second kappa shape index (κ2) is 11.6. The molecule has 2 aliphatic carbocycles. The van der Waals surface area contributed by atoms with Gasteiger partial charge < -0.3 is 9.84 Å². The normalized spacial score (nSPS) is 28.3. The zero-order valence-electron chi connectivity index (χ0n) is 26.0. The van der Waals surface area contributed by atoms with E-state index in [-0.39, 0.29) is 41.3 Å². The molecule has 3 aromatic rings. The number of amides is 4. The molecule has 3 aromatic carbocycles. The number of phenols is 1. The maximum absolute atomic E-state index is 14.6. The van der Waals surface area contributed by atoms with Crippen LogP contribution in [0, 0.1) is 34.9 Å². The molecule has 6 atom stereocenters. The van der Waals surface area contributed by atoms with Crippen LogP contribution in [0.3, 0.4) is 0 Å². The molecule has 1 N–H and O–H groups in total. The molecule has 4 aliphatic rings. The van der Waals surface area contributed by atoms with Crippen molar-refractivity contribution in [2.75, 3.05) is 11.4 Å². The predicted molar refractivity (Wildman–Crippen MR) is 172 cm³/mol. The van der Waals surface area contributed by atoms with Crippen LogP contribution in [-0.2, 0) is 25.8 Å². The van der Waals surface area contributed by atoms with Gasteiger partial charge in [-0.1, -0.05) is 66.6 Å². The second-order valence-electron chi connectivity index (χ2n) is 13.1. The van der Waals surface area contributed by atoms with Gasteiger partial charge in [-0.05, 0) is 61.9 Å². The highest BCUT2D eigenvalue weighted by Crippen LogP contribution is 2.64. The van der Waals surface area contributed by atoms with E-state index >= 15 is 0 Å². The number of aromatic hydroxyl groups is 1. The zero-order valence-corrected chi connectivity index (χ0v) is 26.7. The molecule has 7 rings (SSSR count). The Morgan fingerprint density at radius 2 is 1.74 bits per heavy atom. The van der Waals surface area contributed by atoms with E-state index in [9.17, 15) is 28.7 Å². The van der Waals surface area contributed by atoms with Gasteiger partial charge >= 0.3 is 0 Å². The van der Waals surface area contributed by atoms with Gasteiger partial charge in [0.15, 0.2) is 0 Å². The number of ether oxygens (including phenoxy) is 1. The molecule has 242 valence electrons. The lowest BCUT2D eigenvalue weighted by molar-refractivity contribution is -0.140. The first kappa shape index (κ1) is 31.1. The smallest absolute Gasteiger partial charge is 0.241 e. The summed E-state index contributed by atoms with van der Waals surface area (Å²) in [5.74, 6) is -5.24. The van der Waals surface area contributed by atoms with Crippen molar-refractivity contribution >= 4 is 40.9 Å². The molecular weight excluding hydrogens is 623 g/mol. The lowest BCUT2D eigenvalue weighted by Crippen LogP contribution is -2.48. The third kappa shape index (κ3) is 4.77. The first-order valence-electron chi connectivity index (χ1n) is 15.9. The van der Waals surface area contributed by atoms with Crippen LogP contribution < -0.4 is 9.64 Å². The maximum Gasteiger partial charge on any atom is 0.241 e. The summed E-state index contributed by atoms with van der Waals surface area (Å²) < 4.78 is 20.1. The van der Waals surface area contributed by atoms with Crippen molar-refractivity contribution in [2.24, 2.45) is 29.1 Å². The summed E-state index contributed by atoms with van der Waals surface area (Å²) in [4.78, 5) is 58.4. The molecular formula is C37H34ClFN2O6. The van der Waals surface area contributed by atoms with Gasteiger partial charge in [-0.2, -0.15) is 0 Å². The highest BCUT2D eigenvalue weighted by molar-refractivity contribution is 6.31. The summed E-state index contributed by atoms with van der Waals surface area (Å²) in [6.45, 7) is 4.23. The number of rotatable bonds is 7. The molecule has 0 aromatic heterocycles. The number of hydrogen-bond donors (Lipinski definition) is 1. The van der Waals surface area contributed by atoms with Gasteiger partial charge in [0.1, 0.15) is 23.9 Å². The van der Waals surface area contributed by atoms with E-state index in [0.717, 1.165) is 22.1 Å². The molecule has 2 aliphatic heterocycles. The van der Waals surface area contributed by atoms with Gasteiger partial charge in [-0.15, -0.1) is 0 Å². The van der Waals surface area contributed by atoms with Gasteiger partial charge in [0.2, 0.25) is 23.6 Å². The van der Waals surface area contributed by atoms with Crippen molar-refractivity contribution in [3.05, 3.63) is 100 Å². The van der Waals surface area contributed by atoms with Crippen LogP contribution in [0.15, 0.2) is 78.4 Å². The summed E-state index contributed by atoms with van der Waals surface area (Å²) >= 11 is 6.08. The minimum absolute atomic E-state index is 0.117. The third-order valence-corrected chi connectivity index (χ3v) is 10.8. The fourth-order valence-electron chi connectivity index (χ4n) is 8.34. The molecule has 0 radical (unpaired) electrons. The van der Waals surface area contributed by atoms with Crippen molar-refractivity contribution in [1.82, 2.24) is 4.90 Å². The number of anilines is 1. The summed E-state index contributed by atoms with van der Waals surface area (Å²) in [7, 11) is 0. The molecule has 2 saturated heterocycles. The van der Waals surface area contributed by atoms with Crippen LogP contribution in [0.1, 0.15) is 50.2 Å². The summed E-state index contributed by atoms with van der Waals surface area (Å²) in [5.41, 5.74) is 0.906. The highest BCUT2D eigenvalue weighted by Gasteiger charge is 2.67. The van der Waals surface area contributed by atoms with Crippen LogP contribution in [0.5, 0.6) is 11.5 Å². The van der Waals surface area contributed by atoms with Crippen molar-refractivity contribution in [3.8, 4) is 11.5 Å². The number of imide groups is 2. The number of nitrogens with zero attached hydrogens (tertiary/aromatic N) is 2. The van der Waals surface area contributed by atoms with E-state index in [4.69, 9.17) is 16.3 Å². The quantitative estimate of drug-likeness (QED) is 0.233. The fourth-order valence-corrected chi connectivity index (χ4v) is 8.51. The van der Waals surface area contributed by atoms with E-state index < -0.39 is 52.6 Å². The number of hydrogen-bond acceptors (Lipinski definition) is 6. The van der Waals surface area contributed by atoms with Crippen molar-refractivity contribution in [3.63, 3.8) is 0 Å². The number of phenolic OH excluding ortho intramolecular Hbond substituents is 1. The van der Waals surface area contributed by atoms with Crippen LogP contribution in [0.4, 0.5) is 10.1 Å². The van der Waals surface area contributed by atoms with E-state index in [1.165, 1.54) is 23.1 Å². The average molecular weight is 657 g/mol. The topological polar surface area (TPSA) is 104 Å². The van der Waals surface area contributed by atoms with Crippen LogP contribution in [0.2, 0.25) is 5.02 Å². The van der Waals surface area contributed by atoms with Crippen molar-refractivity contribution in [1.29, 1.82) is 0 Å². The van der Waals surface area contributed by atoms with E-state index in [0.29, 0.717) is 30.7 Å². The fraction of sp³-hybridized carbons (Fsp3) is 0.351. The molecule has 0 unspecified atom stereocenters. The van der Waals surface area contributed by atoms with E-state index in [2.05, 4.69) is 0 Å². The predicted octanol–water partition coefficient (Wildman–Crippen LogP) is 6.40. The molecule has 10 heteroatoms. The van der Waals surface area contributed by atoms with Gasteiger partial charge in [0, 0.05) is 24.1 Å². The summed E-state index contributed by atoms with van der Waals surface area (Å²) in [6.07, 6.45) is 3.05. The Bertz CT molecular complexity index is 1850. The number of halogens is 2. The molecule has 0 spiro atoms. The maximum atomic E-state index is 14.6. The number of fused-ring (bicyclic) bond motifs is 4. The lowest BCUT2D eigenvalue weighted by Gasteiger charge is -2.49. The van der Waals surface area contributed by atoms with E-state index in [1.807, 2.05) is 43.3 Å². The van der Waals surface area contributed by atoms with Crippen LogP contribution in [-0.4, -0.2) is 40.2 Å². The Morgan fingerprint density at radius 1 is 0.979 bits per heavy atom. The number of benzene rings is 3. The van der Waals surface area contributed by atoms with Gasteiger partial charge in [-0.25, -0.2) is 9.29 Å². The Morgan fingerprint density at radius 3 is 2.45 bits per heavy atom. The highest BCUT2D eigenvalue weighted by atomic mass is 35.5. The Kier molecular flexibility index (Phi) is 7.70. The molecule has 2 heterocycles. The molecule has 8 nitrogen and oxygen atoms in total. The largest absolute Gasteiger partial charge is 0.508 e. The summed E-state index contributed by atoms with van der Waals surface area (Å²) in [6, 6.07) is 18.2. The minimum Gasteiger partial charge on any atom is -0.508 e. The van der Waals surface area contributed by atoms with Crippen LogP contribution in [0.25, 0.3) is 0 Å². The number of likely N-dealkylation sites (tertiary alicyclic amines) is 1.